The van der Waals surface area contributed by atoms with Gasteiger partial charge in [0.15, 0.2) is 5.78 Å². The molecule has 0 saturated heterocycles. The first-order chi connectivity index (χ1) is 13.8. The number of pyridine rings is 1. The Morgan fingerprint density at radius 2 is 1.72 bits per heavy atom. The van der Waals surface area contributed by atoms with Crippen LogP contribution >= 0.6 is 11.6 Å². The van der Waals surface area contributed by atoms with Crippen molar-refractivity contribution < 1.29 is 9.00 Å². The minimum Gasteiger partial charge on any atom is -0.300 e. The molecule has 1 N–H and O–H groups in total. The summed E-state index contributed by atoms with van der Waals surface area (Å²) in [4.78, 5) is 17.5. The second kappa shape index (κ2) is 8.89. The van der Waals surface area contributed by atoms with Crippen molar-refractivity contribution in [2.45, 2.75) is 37.5 Å². The average molecular weight is 427 g/mol. The number of nitrogens with zero attached hydrogens (tertiary/aromatic N) is 1. The van der Waals surface area contributed by atoms with Crippen molar-refractivity contribution in [1.29, 1.82) is 0 Å². The highest BCUT2D eigenvalue weighted by Crippen LogP contribution is 2.28. The van der Waals surface area contributed by atoms with Gasteiger partial charge in [-0.1, -0.05) is 44.5 Å². The standard InChI is InChI=1S/C23H23ClN2O2S/c1-4-23(2,3)17-5-8-19(9-6-17)29(28)26-21-10-7-18(24)15-20(21)22(27)16-11-13-25-14-12-16/h5-15,26H,4H2,1-3H3. The number of nitrogens with one attached hydrogen (secondary N) is 1. The Hall–Kier alpha value is -2.50. The van der Waals surface area contributed by atoms with Crippen LogP contribution in [0.1, 0.15) is 48.7 Å². The summed E-state index contributed by atoms with van der Waals surface area (Å²) in [5.41, 5.74) is 2.57. The number of halogens is 1. The number of anilines is 1. The van der Waals surface area contributed by atoms with E-state index < -0.39 is 11.0 Å². The third-order valence-corrected chi connectivity index (χ3v) is 6.45. The average Bonchev–Trinajstić information content (AvgIpc) is 2.75. The molecule has 3 rings (SSSR count). The molecule has 0 bridgehead atoms. The Balaban J connectivity index is 1.87. The van der Waals surface area contributed by atoms with Gasteiger partial charge in [-0.25, -0.2) is 4.21 Å². The molecule has 0 amide bonds. The fraction of sp³-hybridized carbons (Fsp3) is 0.217. The number of ketones is 1. The van der Waals surface area contributed by atoms with Crippen molar-refractivity contribution in [3.8, 4) is 0 Å². The molecule has 1 heterocycles. The Labute approximate surface area is 178 Å². The van der Waals surface area contributed by atoms with Crippen LogP contribution in [0.25, 0.3) is 0 Å². The third kappa shape index (κ3) is 4.92. The van der Waals surface area contributed by atoms with Gasteiger partial charge in [-0.2, -0.15) is 0 Å². The smallest absolute Gasteiger partial charge is 0.195 e. The fourth-order valence-electron chi connectivity index (χ4n) is 2.84. The van der Waals surface area contributed by atoms with Crippen LogP contribution in [-0.4, -0.2) is 15.0 Å². The van der Waals surface area contributed by atoms with Crippen molar-refractivity contribution >= 4 is 34.1 Å². The fourth-order valence-corrected chi connectivity index (χ4v) is 3.90. The highest BCUT2D eigenvalue weighted by molar-refractivity contribution is 7.86. The number of hydrogen-bond acceptors (Lipinski definition) is 3. The maximum Gasteiger partial charge on any atom is 0.195 e. The molecule has 1 atom stereocenters. The molecule has 6 heteroatoms. The predicted molar refractivity (Wildman–Crippen MR) is 119 cm³/mol. The van der Waals surface area contributed by atoms with E-state index in [0.717, 1.165) is 6.42 Å². The van der Waals surface area contributed by atoms with Gasteiger partial charge in [0.25, 0.3) is 0 Å². The first-order valence-electron chi connectivity index (χ1n) is 9.35. The highest BCUT2D eigenvalue weighted by Gasteiger charge is 2.19. The van der Waals surface area contributed by atoms with Gasteiger partial charge in [0.05, 0.1) is 10.6 Å². The molecule has 0 radical (unpaired) electrons. The second-order valence-electron chi connectivity index (χ2n) is 7.39. The van der Waals surface area contributed by atoms with Gasteiger partial charge >= 0.3 is 0 Å². The van der Waals surface area contributed by atoms with Gasteiger partial charge in [-0.15, -0.1) is 0 Å². The summed E-state index contributed by atoms with van der Waals surface area (Å²) in [6, 6.07) is 15.9. The van der Waals surface area contributed by atoms with Crippen LogP contribution in [0, 0.1) is 0 Å². The summed E-state index contributed by atoms with van der Waals surface area (Å²) < 4.78 is 15.8. The van der Waals surface area contributed by atoms with E-state index in [1.54, 1.807) is 42.7 Å². The van der Waals surface area contributed by atoms with E-state index in [-0.39, 0.29) is 11.2 Å². The predicted octanol–water partition coefficient (Wildman–Crippen LogP) is 5.79. The molecule has 0 aliphatic rings. The summed E-state index contributed by atoms with van der Waals surface area (Å²) in [7, 11) is -1.52. The Morgan fingerprint density at radius 1 is 1.07 bits per heavy atom. The van der Waals surface area contributed by atoms with E-state index in [9.17, 15) is 9.00 Å². The number of aromatic nitrogens is 1. The maximum absolute atomic E-state index is 12.9. The summed E-state index contributed by atoms with van der Waals surface area (Å²) in [6.07, 6.45) is 4.13. The minimum atomic E-state index is -1.52. The molecule has 0 fully saturated rings. The Kier molecular flexibility index (Phi) is 6.50. The van der Waals surface area contributed by atoms with Crippen molar-refractivity contribution in [2.24, 2.45) is 0 Å². The second-order valence-corrected chi connectivity index (χ2v) is 9.04. The number of carbonyl (C=O) groups is 1. The van der Waals surface area contributed by atoms with Crippen molar-refractivity contribution in [3.63, 3.8) is 0 Å². The van der Waals surface area contributed by atoms with E-state index in [4.69, 9.17) is 11.6 Å². The molecule has 1 aromatic heterocycles. The zero-order valence-electron chi connectivity index (χ0n) is 16.6. The van der Waals surface area contributed by atoms with E-state index >= 15 is 0 Å². The number of rotatable bonds is 7. The third-order valence-electron chi connectivity index (χ3n) is 5.11. The van der Waals surface area contributed by atoms with Gasteiger partial charge in [-0.3, -0.25) is 9.78 Å². The largest absolute Gasteiger partial charge is 0.300 e. The van der Waals surface area contributed by atoms with Gasteiger partial charge in [0.2, 0.25) is 0 Å². The molecule has 29 heavy (non-hydrogen) atoms. The van der Waals surface area contributed by atoms with Crippen molar-refractivity contribution in [1.82, 2.24) is 4.98 Å². The SMILES string of the molecule is CCC(C)(C)c1ccc(S(=O)Nc2ccc(Cl)cc2C(=O)c2ccncc2)cc1. The first-order valence-corrected chi connectivity index (χ1v) is 10.9. The van der Waals surface area contributed by atoms with Gasteiger partial charge in [-0.05, 0) is 59.9 Å². The van der Waals surface area contributed by atoms with Crippen LogP contribution < -0.4 is 4.72 Å². The zero-order chi connectivity index (χ0) is 21.0. The molecular weight excluding hydrogens is 404 g/mol. The van der Waals surface area contributed by atoms with Crippen LogP contribution in [0.5, 0.6) is 0 Å². The molecule has 4 nitrogen and oxygen atoms in total. The van der Waals surface area contributed by atoms with Gasteiger partial charge in [0, 0.05) is 28.5 Å². The topological polar surface area (TPSA) is 59.1 Å². The monoisotopic (exact) mass is 426 g/mol. The molecule has 0 aliphatic heterocycles. The van der Waals surface area contributed by atoms with Gasteiger partial charge < -0.3 is 4.72 Å². The summed E-state index contributed by atoms with van der Waals surface area (Å²) >= 11 is 6.11. The lowest BCUT2D eigenvalue weighted by Gasteiger charge is -2.23. The van der Waals surface area contributed by atoms with Crippen LogP contribution in [0.4, 0.5) is 5.69 Å². The molecule has 0 spiro atoms. The molecule has 1 unspecified atom stereocenters. The maximum atomic E-state index is 12.9. The van der Waals surface area contributed by atoms with E-state index in [0.29, 0.717) is 26.7 Å². The zero-order valence-corrected chi connectivity index (χ0v) is 18.2. The van der Waals surface area contributed by atoms with Crippen LogP contribution in [0.2, 0.25) is 5.02 Å². The summed E-state index contributed by atoms with van der Waals surface area (Å²) in [5.74, 6) is -0.213. The molecule has 150 valence electrons. The lowest BCUT2D eigenvalue weighted by Crippen LogP contribution is -2.15. The molecule has 3 aromatic rings. The Morgan fingerprint density at radius 3 is 2.34 bits per heavy atom. The van der Waals surface area contributed by atoms with Crippen LogP contribution in [0.3, 0.4) is 0 Å². The van der Waals surface area contributed by atoms with Crippen LogP contribution in [0.15, 0.2) is 71.9 Å². The van der Waals surface area contributed by atoms with E-state index in [2.05, 4.69) is 30.5 Å². The lowest BCUT2D eigenvalue weighted by molar-refractivity contribution is 0.103. The van der Waals surface area contributed by atoms with E-state index in [1.165, 1.54) is 5.56 Å². The number of carbonyl (C=O) groups excluding carboxylic acids is 1. The Bertz CT molecular complexity index is 1030. The highest BCUT2D eigenvalue weighted by atomic mass is 35.5. The molecular formula is C23H23ClN2O2S. The number of benzene rings is 2. The summed E-state index contributed by atoms with van der Waals surface area (Å²) in [6.45, 7) is 6.51. The van der Waals surface area contributed by atoms with Crippen LogP contribution in [-0.2, 0) is 16.4 Å². The normalized spacial score (nSPS) is 12.4. The minimum absolute atomic E-state index is 0.0633. The molecule has 0 saturated carbocycles. The number of hydrogen-bond donors (Lipinski definition) is 1. The molecule has 0 aliphatic carbocycles. The van der Waals surface area contributed by atoms with Crippen molar-refractivity contribution in [3.05, 3.63) is 88.7 Å². The first kappa shape index (κ1) is 21.2. The lowest BCUT2D eigenvalue weighted by atomic mass is 9.82. The van der Waals surface area contributed by atoms with E-state index in [1.807, 2.05) is 24.3 Å². The summed E-state index contributed by atoms with van der Waals surface area (Å²) in [5, 5.41) is 0.435. The molecule has 2 aromatic carbocycles. The van der Waals surface area contributed by atoms with Crippen molar-refractivity contribution in [2.75, 3.05) is 4.72 Å². The van der Waals surface area contributed by atoms with Gasteiger partial charge in [0.1, 0.15) is 11.0 Å². The quantitative estimate of drug-likeness (QED) is 0.486.